The first-order valence-corrected chi connectivity index (χ1v) is 7.22. The van der Waals surface area contributed by atoms with Gasteiger partial charge in [0, 0.05) is 10.8 Å². The molecule has 0 bridgehead atoms. The molecule has 0 unspecified atom stereocenters. The Hall–Kier alpha value is -3.00. The van der Waals surface area contributed by atoms with E-state index in [0.29, 0.717) is 11.5 Å². The number of hydrogen-bond acceptors (Lipinski definition) is 2. The van der Waals surface area contributed by atoms with Gasteiger partial charge in [-0.1, -0.05) is 72.8 Å². The molecule has 0 saturated heterocycles. The van der Waals surface area contributed by atoms with Crippen molar-refractivity contribution in [3.8, 4) is 11.5 Å². The third kappa shape index (κ3) is 2.25. The lowest BCUT2D eigenvalue weighted by Gasteiger charge is -2.10. The van der Waals surface area contributed by atoms with Gasteiger partial charge in [0.1, 0.15) is 0 Å². The van der Waals surface area contributed by atoms with E-state index in [1.807, 2.05) is 60.7 Å². The number of fused-ring (bicyclic) bond motifs is 2. The Balaban J connectivity index is 1.69. The highest BCUT2D eigenvalue weighted by atomic mass is 17.2. The average Bonchev–Trinajstić information content (AvgIpc) is 2.60. The average molecular weight is 286 g/mol. The van der Waals surface area contributed by atoms with E-state index >= 15 is 0 Å². The molecule has 2 heteroatoms. The summed E-state index contributed by atoms with van der Waals surface area (Å²) in [6.07, 6.45) is 0. The molecule has 4 aromatic carbocycles. The zero-order valence-corrected chi connectivity index (χ0v) is 11.9. The van der Waals surface area contributed by atoms with Gasteiger partial charge in [0.25, 0.3) is 0 Å². The van der Waals surface area contributed by atoms with E-state index < -0.39 is 0 Å². The van der Waals surface area contributed by atoms with Gasteiger partial charge in [-0.05, 0) is 22.9 Å². The second-order valence-corrected chi connectivity index (χ2v) is 5.12. The Morgan fingerprint density at radius 2 is 0.818 bits per heavy atom. The Morgan fingerprint density at radius 1 is 0.409 bits per heavy atom. The van der Waals surface area contributed by atoms with E-state index in [4.69, 9.17) is 9.78 Å². The molecule has 0 atom stereocenters. The summed E-state index contributed by atoms with van der Waals surface area (Å²) in [6, 6.07) is 28.0. The predicted octanol–water partition coefficient (Wildman–Crippen LogP) is 5.37. The Bertz CT molecular complexity index is 854. The van der Waals surface area contributed by atoms with E-state index in [9.17, 15) is 0 Å². The van der Waals surface area contributed by atoms with Gasteiger partial charge < -0.3 is 0 Å². The van der Waals surface area contributed by atoms with Crippen LogP contribution in [-0.2, 0) is 0 Å². The van der Waals surface area contributed by atoms with Gasteiger partial charge in [-0.25, -0.2) is 0 Å². The van der Waals surface area contributed by atoms with Crippen LogP contribution in [0.5, 0.6) is 11.5 Å². The normalized spacial score (nSPS) is 10.7. The molecule has 0 amide bonds. The highest BCUT2D eigenvalue weighted by molar-refractivity contribution is 5.89. The van der Waals surface area contributed by atoms with Crippen LogP contribution >= 0.6 is 0 Å². The first kappa shape index (κ1) is 12.7. The van der Waals surface area contributed by atoms with Gasteiger partial charge in [-0.2, -0.15) is 0 Å². The molecule has 0 radical (unpaired) electrons. The third-order valence-corrected chi connectivity index (χ3v) is 3.72. The summed E-state index contributed by atoms with van der Waals surface area (Å²) in [6.45, 7) is 0. The number of hydrogen-bond donors (Lipinski definition) is 0. The zero-order chi connectivity index (χ0) is 14.8. The molecule has 4 aromatic rings. The van der Waals surface area contributed by atoms with Crippen LogP contribution in [-0.4, -0.2) is 0 Å². The van der Waals surface area contributed by atoms with Crippen molar-refractivity contribution in [3.05, 3.63) is 84.9 Å². The maximum absolute atomic E-state index is 5.61. The van der Waals surface area contributed by atoms with Crippen molar-refractivity contribution in [1.82, 2.24) is 0 Å². The maximum atomic E-state index is 5.61. The van der Waals surface area contributed by atoms with Crippen LogP contribution in [0.2, 0.25) is 0 Å². The Kier molecular flexibility index (Phi) is 3.13. The van der Waals surface area contributed by atoms with Gasteiger partial charge in [0.05, 0.1) is 0 Å². The van der Waals surface area contributed by atoms with Crippen molar-refractivity contribution in [2.45, 2.75) is 0 Å². The van der Waals surface area contributed by atoms with Crippen molar-refractivity contribution in [1.29, 1.82) is 0 Å². The topological polar surface area (TPSA) is 18.5 Å². The van der Waals surface area contributed by atoms with E-state index in [-0.39, 0.29) is 0 Å². The van der Waals surface area contributed by atoms with E-state index in [2.05, 4.69) is 24.3 Å². The van der Waals surface area contributed by atoms with E-state index in [1.54, 1.807) is 0 Å². The molecule has 0 heterocycles. The molecule has 0 spiro atoms. The molecule has 2 nitrogen and oxygen atoms in total. The third-order valence-electron chi connectivity index (χ3n) is 3.72. The Morgan fingerprint density at radius 3 is 1.32 bits per heavy atom. The van der Waals surface area contributed by atoms with Crippen molar-refractivity contribution < 1.29 is 9.78 Å². The van der Waals surface area contributed by atoms with Crippen LogP contribution in [0.4, 0.5) is 0 Å². The van der Waals surface area contributed by atoms with Gasteiger partial charge in [0.2, 0.25) is 0 Å². The van der Waals surface area contributed by atoms with Gasteiger partial charge >= 0.3 is 0 Å². The summed E-state index contributed by atoms with van der Waals surface area (Å²) in [5.41, 5.74) is 0. The lowest BCUT2D eigenvalue weighted by Crippen LogP contribution is -2.01. The summed E-state index contributed by atoms with van der Waals surface area (Å²) in [5.74, 6) is 1.43. The van der Waals surface area contributed by atoms with Crippen molar-refractivity contribution >= 4 is 21.5 Å². The van der Waals surface area contributed by atoms with Crippen LogP contribution in [0.15, 0.2) is 84.9 Å². The summed E-state index contributed by atoms with van der Waals surface area (Å²) in [4.78, 5) is 11.2. The Labute approximate surface area is 128 Å². The van der Waals surface area contributed by atoms with Crippen molar-refractivity contribution in [3.63, 3.8) is 0 Å². The van der Waals surface area contributed by atoms with Crippen LogP contribution in [0.1, 0.15) is 0 Å². The molecule has 0 saturated carbocycles. The SMILES string of the molecule is c1ccc2c(OOc3cccc4ccccc34)cccc2c1. The summed E-state index contributed by atoms with van der Waals surface area (Å²) >= 11 is 0. The highest BCUT2D eigenvalue weighted by Crippen LogP contribution is 2.29. The molecule has 0 aromatic heterocycles. The fourth-order valence-corrected chi connectivity index (χ4v) is 2.63. The first-order valence-electron chi connectivity index (χ1n) is 7.22. The maximum Gasteiger partial charge on any atom is 0.186 e. The minimum Gasteiger partial charge on any atom is -0.289 e. The van der Waals surface area contributed by atoms with Crippen LogP contribution in [0, 0.1) is 0 Å². The quantitative estimate of drug-likeness (QED) is 0.372. The summed E-state index contributed by atoms with van der Waals surface area (Å²) in [7, 11) is 0. The van der Waals surface area contributed by atoms with Gasteiger partial charge in [0.15, 0.2) is 11.5 Å². The van der Waals surface area contributed by atoms with Crippen molar-refractivity contribution in [2.24, 2.45) is 0 Å². The molecular formula is C20H14O2. The zero-order valence-electron chi connectivity index (χ0n) is 11.9. The monoisotopic (exact) mass is 286 g/mol. The van der Waals surface area contributed by atoms with Gasteiger partial charge in [-0.3, -0.25) is 9.78 Å². The lowest BCUT2D eigenvalue weighted by molar-refractivity contribution is -0.0968. The predicted molar refractivity (Wildman–Crippen MR) is 89.2 cm³/mol. The fourth-order valence-electron chi connectivity index (χ4n) is 2.63. The first-order chi connectivity index (χ1) is 10.9. The second kappa shape index (κ2) is 5.41. The minimum atomic E-state index is 0.714. The van der Waals surface area contributed by atoms with Gasteiger partial charge in [-0.15, -0.1) is 0 Å². The highest BCUT2D eigenvalue weighted by Gasteiger charge is 2.06. The molecule has 0 N–H and O–H groups in total. The molecule has 106 valence electrons. The second-order valence-electron chi connectivity index (χ2n) is 5.12. The van der Waals surface area contributed by atoms with Crippen LogP contribution in [0.3, 0.4) is 0 Å². The molecule has 0 aliphatic heterocycles. The fraction of sp³-hybridized carbons (Fsp3) is 0. The number of rotatable bonds is 3. The van der Waals surface area contributed by atoms with E-state index in [1.165, 1.54) is 0 Å². The molecule has 0 aliphatic rings. The lowest BCUT2D eigenvalue weighted by atomic mass is 10.1. The van der Waals surface area contributed by atoms with Crippen LogP contribution in [0.25, 0.3) is 21.5 Å². The molecule has 0 aliphatic carbocycles. The smallest absolute Gasteiger partial charge is 0.186 e. The number of benzene rings is 4. The largest absolute Gasteiger partial charge is 0.289 e. The molecule has 22 heavy (non-hydrogen) atoms. The van der Waals surface area contributed by atoms with Crippen LogP contribution < -0.4 is 9.78 Å². The van der Waals surface area contributed by atoms with Crippen molar-refractivity contribution in [2.75, 3.05) is 0 Å². The van der Waals surface area contributed by atoms with E-state index in [0.717, 1.165) is 21.5 Å². The minimum absolute atomic E-state index is 0.714. The molecular weight excluding hydrogens is 272 g/mol. The summed E-state index contributed by atoms with van der Waals surface area (Å²) < 4.78 is 0. The molecule has 0 fully saturated rings. The molecule has 4 rings (SSSR count). The standard InChI is InChI=1S/C20H14O2/c1-3-11-17-15(7-1)9-5-13-19(17)21-22-20-14-6-10-16-8-2-4-12-18(16)20/h1-14H. The summed E-state index contributed by atoms with van der Waals surface area (Å²) in [5, 5.41) is 4.32.